The van der Waals surface area contributed by atoms with Crippen molar-refractivity contribution >= 4 is 27.5 Å². The number of carbonyl (C=O) groups excluding carboxylic acids is 1. The lowest BCUT2D eigenvalue weighted by Gasteiger charge is -2.24. The molecule has 0 radical (unpaired) electrons. The number of halogens is 4. The predicted molar refractivity (Wildman–Crippen MR) is 95.9 cm³/mol. The number of carbonyl (C=O) groups is 1. The summed E-state index contributed by atoms with van der Waals surface area (Å²) in [6.07, 6.45) is 0.319. The van der Waals surface area contributed by atoms with E-state index in [1.54, 1.807) is 4.90 Å². The molecule has 0 aliphatic carbocycles. The van der Waals surface area contributed by atoms with Gasteiger partial charge in [0.25, 0.3) is 0 Å². The van der Waals surface area contributed by atoms with Gasteiger partial charge in [-0.3, -0.25) is 4.79 Å². The predicted octanol–water partition coefficient (Wildman–Crippen LogP) is 3.82. The standard InChI is InChI=1S/C17H22ClF3N2O3S/c18-15-7-6-13(12-14(15)17(19,20)21)27(25,26)22-9-8-16(24)23-10-4-2-1-3-5-11-23/h6-7,12,22H,1-5,8-11H2. The van der Waals surface area contributed by atoms with Gasteiger partial charge in [0.05, 0.1) is 15.5 Å². The summed E-state index contributed by atoms with van der Waals surface area (Å²) in [4.78, 5) is 13.4. The number of benzene rings is 1. The number of hydrogen-bond acceptors (Lipinski definition) is 3. The molecule has 1 amide bonds. The molecule has 1 aromatic carbocycles. The molecule has 2 rings (SSSR count). The van der Waals surface area contributed by atoms with Crippen LogP contribution in [0.5, 0.6) is 0 Å². The summed E-state index contributed by atoms with van der Waals surface area (Å²) >= 11 is 5.50. The van der Waals surface area contributed by atoms with E-state index in [2.05, 4.69) is 4.72 Å². The van der Waals surface area contributed by atoms with Crippen LogP contribution in [0.25, 0.3) is 0 Å². The van der Waals surface area contributed by atoms with E-state index in [4.69, 9.17) is 11.6 Å². The highest BCUT2D eigenvalue weighted by molar-refractivity contribution is 7.89. The summed E-state index contributed by atoms with van der Waals surface area (Å²) < 4.78 is 65.3. The Balaban J connectivity index is 1.97. The van der Waals surface area contributed by atoms with Crippen molar-refractivity contribution in [2.45, 2.75) is 49.6 Å². The van der Waals surface area contributed by atoms with Crippen LogP contribution in [-0.2, 0) is 21.0 Å². The second-order valence-electron chi connectivity index (χ2n) is 6.44. The smallest absolute Gasteiger partial charge is 0.343 e. The maximum atomic E-state index is 12.9. The van der Waals surface area contributed by atoms with Gasteiger partial charge in [-0.1, -0.05) is 30.9 Å². The normalized spacial score (nSPS) is 16.7. The van der Waals surface area contributed by atoms with E-state index in [0.29, 0.717) is 19.2 Å². The van der Waals surface area contributed by atoms with Crippen molar-refractivity contribution in [2.24, 2.45) is 0 Å². The van der Waals surface area contributed by atoms with Crippen LogP contribution in [0.2, 0.25) is 5.02 Å². The van der Waals surface area contributed by atoms with E-state index in [-0.39, 0.29) is 18.9 Å². The van der Waals surface area contributed by atoms with Gasteiger partial charge in [0.2, 0.25) is 15.9 Å². The minimum absolute atomic E-state index is 0.0427. The Kier molecular flexibility index (Phi) is 7.53. The Hall–Kier alpha value is -1.32. The fourth-order valence-electron chi connectivity index (χ4n) is 2.92. The van der Waals surface area contributed by atoms with E-state index in [1.165, 1.54) is 0 Å². The van der Waals surface area contributed by atoms with Crippen molar-refractivity contribution in [1.82, 2.24) is 9.62 Å². The van der Waals surface area contributed by atoms with Crippen molar-refractivity contribution < 1.29 is 26.4 Å². The fourth-order valence-corrected chi connectivity index (χ4v) is 4.20. The molecule has 1 heterocycles. The van der Waals surface area contributed by atoms with Crippen LogP contribution in [-0.4, -0.2) is 38.9 Å². The second kappa shape index (κ2) is 9.25. The van der Waals surface area contributed by atoms with Crippen LogP contribution < -0.4 is 4.72 Å². The first-order chi connectivity index (χ1) is 12.6. The third-order valence-corrected chi connectivity index (χ3v) is 6.18. The molecule has 0 spiro atoms. The lowest BCUT2D eigenvalue weighted by atomic mass is 10.1. The molecule has 10 heteroatoms. The van der Waals surface area contributed by atoms with Gasteiger partial charge in [0, 0.05) is 26.1 Å². The van der Waals surface area contributed by atoms with E-state index >= 15 is 0 Å². The van der Waals surface area contributed by atoms with Gasteiger partial charge in [-0.05, 0) is 31.0 Å². The Morgan fingerprint density at radius 1 is 1.11 bits per heavy atom. The Bertz CT molecular complexity index is 761. The average Bonchev–Trinajstić information content (AvgIpc) is 2.53. The van der Waals surface area contributed by atoms with E-state index in [1.807, 2.05) is 0 Å². The first-order valence-electron chi connectivity index (χ1n) is 8.75. The number of hydrogen-bond donors (Lipinski definition) is 1. The SMILES string of the molecule is O=C(CCNS(=O)(=O)c1ccc(Cl)c(C(F)(F)F)c1)N1CCCCCCC1. The first kappa shape index (κ1) is 22.0. The molecule has 1 aliphatic heterocycles. The number of sulfonamides is 1. The molecule has 0 aromatic heterocycles. The monoisotopic (exact) mass is 426 g/mol. The lowest BCUT2D eigenvalue weighted by molar-refractivity contribution is -0.137. The number of amides is 1. The molecule has 1 saturated heterocycles. The maximum Gasteiger partial charge on any atom is 0.417 e. The molecule has 1 aromatic rings. The van der Waals surface area contributed by atoms with Gasteiger partial charge in [0.1, 0.15) is 0 Å². The summed E-state index contributed by atoms with van der Waals surface area (Å²) in [7, 11) is -4.18. The van der Waals surface area contributed by atoms with Gasteiger partial charge in [-0.25, -0.2) is 13.1 Å². The van der Waals surface area contributed by atoms with E-state index in [9.17, 15) is 26.4 Å². The van der Waals surface area contributed by atoms with Crippen molar-refractivity contribution in [2.75, 3.05) is 19.6 Å². The molecule has 0 unspecified atom stereocenters. The molecule has 0 atom stereocenters. The van der Waals surface area contributed by atoms with Crippen LogP contribution in [0.4, 0.5) is 13.2 Å². The molecule has 27 heavy (non-hydrogen) atoms. The van der Waals surface area contributed by atoms with Crippen molar-refractivity contribution in [3.8, 4) is 0 Å². The van der Waals surface area contributed by atoms with Crippen LogP contribution in [0.3, 0.4) is 0 Å². The Morgan fingerprint density at radius 3 is 2.30 bits per heavy atom. The quantitative estimate of drug-likeness (QED) is 0.778. The van der Waals surface area contributed by atoms with E-state index in [0.717, 1.165) is 44.2 Å². The summed E-state index contributed by atoms with van der Waals surface area (Å²) in [5, 5.41) is -0.575. The zero-order valence-corrected chi connectivity index (χ0v) is 16.3. The van der Waals surface area contributed by atoms with E-state index < -0.39 is 31.7 Å². The molecule has 1 aliphatic rings. The van der Waals surface area contributed by atoms with Crippen molar-refractivity contribution in [3.05, 3.63) is 28.8 Å². The number of nitrogens with zero attached hydrogens (tertiary/aromatic N) is 1. The highest BCUT2D eigenvalue weighted by Gasteiger charge is 2.34. The van der Waals surface area contributed by atoms with Gasteiger partial charge in [-0.2, -0.15) is 13.2 Å². The first-order valence-corrected chi connectivity index (χ1v) is 10.6. The third-order valence-electron chi connectivity index (χ3n) is 4.39. The second-order valence-corrected chi connectivity index (χ2v) is 8.61. The van der Waals surface area contributed by atoms with Crippen molar-refractivity contribution in [3.63, 3.8) is 0 Å². The highest BCUT2D eigenvalue weighted by Crippen LogP contribution is 2.35. The molecule has 1 fully saturated rings. The number of likely N-dealkylation sites (tertiary alicyclic amines) is 1. The zero-order valence-electron chi connectivity index (χ0n) is 14.7. The molecule has 0 saturated carbocycles. The van der Waals surface area contributed by atoms with Gasteiger partial charge in [0.15, 0.2) is 0 Å². The zero-order chi connectivity index (χ0) is 20.1. The lowest BCUT2D eigenvalue weighted by Crippen LogP contribution is -2.36. The topological polar surface area (TPSA) is 66.5 Å². The minimum atomic E-state index is -4.76. The number of nitrogens with one attached hydrogen (secondary N) is 1. The molecule has 5 nitrogen and oxygen atoms in total. The molecular formula is C17H22ClF3N2O3S. The Labute approximate surface area is 161 Å². The van der Waals surface area contributed by atoms with Crippen LogP contribution >= 0.6 is 11.6 Å². The number of rotatable bonds is 5. The number of alkyl halides is 3. The summed E-state index contributed by atoms with van der Waals surface area (Å²) in [5.74, 6) is -0.160. The van der Waals surface area contributed by atoms with Gasteiger partial charge < -0.3 is 4.90 Å². The molecular weight excluding hydrogens is 405 g/mol. The summed E-state index contributed by atoms with van der Waals surface area (Å²) in [5.41, 5.74) is -1.22. The maximum absolute atomic E-state index is 12.9. The van der Waals surface area contributed by atoms with Gasteiger partial charge in [-0.15, -0.1) is 0 Å². The van der Waals surface area contributed by atoms with Crippen LogP contribution in [0.1, 0.15) is 44.1 Å². The summed E-state index contributed by atoms with van der Waals surface area (Å²) in [6.45, 7) is 1.12. The minimum Gasteiger partial charge on any atom is -0.343 e. The fraction of sp³-hybridized carbons (Fsp3) is 0.588. The molecule has 1 N–H and O–H groups in total. The Morgan fingerprint density at radius 2 is 1.70 bits per heavy atom. The van der Waals surface area contributed by atoms with Crippen molar-refractivity contribution in [1.29, 1.82) is 0 Å². The van der Waals surface area contributed by atoms with Crippen LogP contribution in [0.15, 0.2) is 23.1 Å². The highest BCUT2D eigenvalue weighted by atomic mass is 35.5. The van der Waals surface area contributed by atoms with Crippen LogP contribution in [0, 0.1) is 0 Å². The average molecular weight is 427 g/mol. The molecule has 0 bridgehead atoms. The largest absolute Gasteiger partial charge is 0.417 e. The summed E-state index contributed by atoms with van der Waals surface area (Å²) in [6, 6.07) is 2.38. The molecule has 152 valence electrons. The van der Waals surface area contributed by atoms with Gasteiger partial charge >= 0.3 is 6.18 Å². The third kappa shape index (κ3) is 6.36.